The van der Waals surface area contributed by atoms with E-state index < -0.39 is 0 Å². The second kappa shape index (κ2) is 12.9. The Morgan fingerprint density at radius 2 is 2.00 bits per heavy atom. The first-order chi connectivity index (χ1) is 15.1. The Balaban J connectivity index is 1.44. The first-order valence-corrected chi connectivity index (χ1v) is 12.3. The van der Waals surface area contributed by atoms with E-state index in [1.807, 2.05) is 17.8 Å². The van der Waals surface area contributed by atoms with E-state index in [1.165, 1.54) is 11.3 Å². The molecule has 0 aromatic heterocycles. The van der Waals surface area contributed by atoms with Crippen LogP contribution in [0.3, 0.4) is 0 Å². The van der Waals surface area contributed by atoms with E-state index in [-0.39, 0.29) is 12.5 Å². The van der Waals surface area contributed by atoms with E-state index in [9.17, 15) is 4.79 Å². The highest BCUT2D eigenvalue weighted by Gasteiger charge is 2.24. The van der Waals surface area contributed by atoms with Crippen molar-refractivity contribution in [2.24, 2.45) is 10.9 Å². The van der Waals surface area contributed by atoms with Crippen LogP contribution in [0.5, 0.6) is 0 Å². The lowest BCUT2D eigenvalue weighted by Crippen LogP contribution is -2.50. The number of carbonyl (C=O) groups is 1. The van der Waals surface area contributed by atoms with Crippen LogP contribution in [-0.2, 0) is 9.53 Å². The van der Waals surface area contributed by atoms with E-state index in [0.717, 1.165) is 63.9 Å². The van der Waals surface area contributed by atoms with Crippen LogP contribution in [0.2, 0.25) is 0 Å². The van der Waals surface area contributed by atoms with Crippen LogP contribution in [0, 0.1) is 5.92 Å². The number of nitrogens with zero attached hydrogens (tertiary/aromatic N) is 3. The minimum atomic E-state index is 0.00774. The summed E-state index contributed by atoms with van der Waals surface area (Å²) in [5.74, 6) is 2.39. The number of guanidine groups is 1. The molecule has 2 fully saturated rings. The van der Waals surface area contributed by atoms with E-state index in [1.54, 1.807) is 19.0 Å². The molecule has 0 bridgehead atoms. The summed E-state index contributed by atoms with van der Waals surface area (Å²) in [6.07, 6.45) is 3.38. The molecule has 2 aliphatic rings. The zero-order valence-corrected chi connectivity index (χ0v) is 19.7. The molecule has 31 heavy (non-hydrogen) atoms. The second-order valence-electron chi connectivity index (χ2n) is 8.49. The van der Waals surface area contributed by atoms with Gasteiger partial charge in [-0.1, -0.05) is 18.2 Å². The molecule has 1 aromatic carbocycles. The van der Waals surface area contributed by atoms with Crippen LogP contribution in [-0.4, -0.2) is 93.5 Å². The molecule has 1 unspecified atom stereocenters. The van der Waals surface area contributed by atoms with Gasteiger partial charge in [-0.3, -0.25) is 4.79 Å². The van der Waals surface area contributed by atoms with Crippen molar-refractivity contribution in [3.63, 3.8) is 0 Å². The average Bonchev–Trinajstić information content (AvgIpc) is 3.29. The van der Waals surface area contributed by atoms with Gasteiger partial charge in [0.15, 0.2) is 5.96 Å². The summed E-state index contributed by atoms with van der Waals surface area (Å²) >= 11 is 1.82. The summed E-state index contributed by atoms with van der Waals surface area (Å²) in [4.78, 5) is 22.0. The maximum Gasteiger partial charge on any atom is 0.243 e. The van der Waals surface area contributed by atoms with Crippen molar-refractivity contribution in [1.29, 1.82) is 0 Å². The first-order valence-electron chi connectivity index (χ1n) is 11.3. The second-order valence-corrected chi connectivity index (χ2v) is 9.66. The van der Waals surface area contributed by atoms with Gasteiger partial charge < -0.3 is 25.2 Å². The number of likely N-dealkylation sites (tertiary alicyclic amines) is 1. The number of rotatable bonds is 9. The molecule has 2 aliphatic heterocycles. The minimum Gasteiger partial charge on any atom is -0.381 e. The molecule has 0 spiro atoms. The molecule has 1 aromatic rings. The van der Waals surface area contributed by atoms with Crippen LogP contribution >= 0.6 is 11.8 Å². The van der Waals surface area contributed by atoms with E-state index >= 15 is 0 Å². The quantitative estimate of drug-likeness (QED) is 0.261. The molecule has 2 heterocycles. The molecule has 1 amide bonds. The van der Waals surface area contributed by atoms with Gasteiger partial charge in [0.2, 0.25) is 5.91 Å². The highest BCUT2D eigenvalue weighted by atomic mass is 32.2. The normalized spacial score (nSPS) is 20.6. The Kier molecular flexibility index (Phi) is 9.96. The zero-order valence-electron chi connectivity index (χ0n) is 18.9. The van der Waals surface area contributed by atoms with Gasteiger partial charge in [-0.2, -0.15) is 0 Å². The SMILES string of the molecule is CN(C)C(=O)CN=C(NCCSc1ccccc1)NC1CCN(CC2CCOC2)CC1. The number of hydrogen-bond acceptors (Lipinski definition) is 5. The third-order valence-electron chi connectivity index (χ3n) is 5.75. The average molecular weight is 448 g/mol. The molecule has 2 saturated heterocycles. The molecule has 2 N–H and O–H groups in total. The Hall–Kier alpha value is -1.77. The standard InChI is InChI=1S/C23H37N5O2S/c1-27(2)22(29)16-25-23(24-11-15-31-21-6-4-3-5-7-21)26-20-8-12-28(13-9-20)17-19-10-14-30-18-19/h3-7,19-20H,8-18H2,1-2H3,(H2,24,25,26). The van der Waals surface area contributed by atoms with Gasteiger partial charge >= 0.3 is 0 Å². The maximum absolute atomic E-state index is 12.0. The Morgan fingerprint density at radius 1 is 1.23 bits per heavy atom. The first kappa shape index (κ1) is 23.9. The van der Waals surface area contributed by atoms with Crippen LogP contribution in [0.15, 0.2) is 40.2 Å². The van der Waals surface area contributed by atoms with Crippen LogP contribution in [0.25, 0.3) is 0 Å². The number of nitrogens with one attached hydrogen (secondary N) is 2. The molecule has 0 aliphatic carbocycles. The molecule has 8 heteroatoms. The summed E-state index contributed by atoms with van der Waals surface area (Å²) in [7, 11) is 3.53. The Morgan fingerprint density at radius 3 is 2.68 bits per heavy atom. The number of amides is 1. The number of benzene rings is 1. The van der Waals surface area contributed by atoms with Crippen molar-refractivity contribution in [3.8, 4) is 0 Å². The largest absolute Gasteiger partial charge is 0.381 e. The summed E-state index contributed by atoms with van der Waals surface area (Å²) in [6, 6.07) is 10.8. The Labute approximate surface area is 191 Å². The number of ether oxygens (including phenoxy) is 1. The number of carbonyl (C=O) groups excluding carboxylic acids is 1. The monoisotopic (exact) mass is 447 g/mol. The summed E-state index contributed by atoms with van der Waals surface area (Å²) < 4.78 is 5.51. The predicted octanol–water partition coefficient (Wildman–Crippen LogP) is 1.90. The van der Waals surface area contributed by atoms with Crippen LogP contribution < -0.4 is 10.6 Å². The molecule has 0 radical (unpaired) electrons. The van der Waals surface area contributed by atoms with Crippen molar-refractivity contribution < 1.29 is 9.53 Å². The molecule has 1 atom stereocenters. The topological polar surface area (TPSA) is 69.2 Å². The van der Waals surface area contributed by atoms with Gasteiger partial charge in [-0.15, -0.1) is 11.8 Å². The summed E-state index contributed by atoms with van der Waals surface area (Å²) in [5.41, 5.74) is 0. The minimum absolute atomic E-state index is 0.00774. The fourth-order valence-corrected chi connectivity index (χ4v) is 4.63. The lowest BCUT2D eigenvalue weighted by atomic mass is 10.0. The lowest BCUT2D eigenvalue weighted by molar-refractivity contribution is -0.127. The van der Waals surface area contributed by atoms with Crippen molar-refractivity contribution in [1.82, 2.24) is 20.4 Å². The van der Waals surface area contributed by atoms with Crippen LogP contribution in [0.4, 0.5) is 0 Å². The number of thioether (sulfide) groups is 1. The maximum atomic E-state index is 12.0. The zero-order chi connectivity index (χ0) is 21.9. The highest BCUT2D eigenvalue weighted by Crippen LogP contribution is 2.18. The number of piperidine rings is 1. The van der Waals surface area contributed by atoms with Gasteiger partial charge in [-0.05, 0) is 37.3 Å². The van der Waals surface area contributed by atoms with Crippen LogP contribution in [0.1, 0.15) is 19.3 Å². The van der Waals surface area contributed by atoms with E-state index in [4.69, 9.17) is 4.74 Å². The van der Waals surface area contributed by atoms with Crippen molar-refractivity contribution >= 4 is 23.6 Å². The fraction of sp³-hybridized carbons (Fsp3) is 0.652. The highest BCUT2D eigenvalue weighted by molar-refractivity contribution is 7.99. The van der Waals surface area contributed by atoms with Gasteiger partial charge in [0, 0.05) is 63.6 Å². The van der Waals surface area contributed by atoms with Gasteiger partial charge in [0.1, 0.15) is 6.54 Å². The number of likely N-dealkylation sites (N-methyl/N-ethyl adjacent to an activating group) is 1. The van der Waals surface area contributed by atoms with Gasteiger partial charge in [0.05, 0.1) is 6.61 Å². The van der Waals surface area contributed by atoms with Crippen molar-refractivity contribution in [2.45, 2.75) is 30.2 Å². The Bertz CT molecular complexity index is 686. The molecule has 0 saturated carbocycles. The number of aliphatic imine (C=N–C) groups is 1. The third kappa shape index (κ3) is 8.71. The fourth-order valence-electron chi connectivity index (χ4n) is 3.84. The van der Waals surface area contributed by atoms with Gasteiger partial charge in [-0.25, -0.2) is 4.99 Å². The van der Waals surface area contributed by atoms with Gasteiger partial charge in [0.25, 0.3) is 0 Å². The third-order valence-corrected chi connectivity index (χ3v) is 6.76. The molecule has 172 valence electrons. The van der Waals surface area contributed by atoms with E-state index in [2.05, 4.69) is 44.8 Å². The van der Waals surface area contributed by atoms with E-state index in [0.29, 0.717) is 12.0 Å². The molecule has 3 rings (SSSR count). The lowest BCUT2D eigenvalue weighted by Gasteiger charge is -2.34. The summed E-state index contributed by atoms with van der Waals surface area (Å²) in [6.45, 7) is 6.14. The van der Waals surface area contributed by atoms with Crippen molar-refractivity contribution in [2.75, 3.05) is 65.8 Å². The molecular weight excluding hydrogens is 410 g/mol. The summed E-state index contributed by atoms with van der Waals surface area (Å²) in [5, 5.41) is 6.99. The van der Waals surface area contributed by atoms with Crippen molar-refractivity contribution in [3.05, 3.63) is 30.3 Å². The molecular formula is C23H37N5O2S. The predicted molar refractivity (Wildman–Crippen MR) is 128 cm³/mol. The number of hydrogen-bond donors (Lipinski definition) is 2. The smallest absolute Gasteiger partial charge is 0.243 e. The molecule has 7 nitrogen and oxygen atoms in total.